The molecular weight excluding hydrogens is 417 g/mol. The highest BCUT2D eigenvalue weighted by Crippen LogP contribution is 2.42. The van der Waals surface area contributed by atoms with E-state index in [2.05, 4.69) is 20.4 Å². The van der Waals surface area contributed by atoms with Crippen LogP contribution in [-0.4, -0.2) is 50.8 Å². The summed E-state index contributed by atoms with van der Waals surface area (Å²) in [6.07, 6.45) is -4.12. The number of anilines is 1. The van der Waals surface area contributed by atoms with E-state index in [0.29, 0.717) is 24.3 Å². The number of alkyl halides is 3. The van der Waals surface area contributed by atoms with Crippen molar-refractivity contribution in [1.82, 2.24) is 25.1 Å². The van der Waals surface area contributed by atoms with Gasteiger partial charge in [-0.3, -0.25) is 14.5 Å². The lowest BCUT2D eigenvalue weighted by atomic mass is 9.96. The first-order chi connectivity index (χ1) is 14.5. The zero-order chi connectivity index (χ0) is 22.6. The van der Waals surface area contributed by atoms with E-state index in [0.717, 1.165) is 5.69 Å². The number of hydrogen-bond acceptors (Lipinski definition) is 6. The maximum atomic E-state index is 13.0. The third-order valence-electron chi connectivity index (χ3n) is 5.44. The second-order valence-corrected chi connectivity index (χ2v) is 7.96. The molecule has 12 heteroatoms. The Morgan fingerprint density at radius 1 is 1.42 bits per heavy atom. The van der Waals surface area contributed by atoms with Crippen molar-refractivity contribution in [3.8, 4) is 0 Å². The van der Waals surface area contributed by atoms with Gasteiger partial charge in [-0.15, -0.1) is 0 Å². The van der Waals surface area contributed by atoms with Gasteiger partial charge in [-0.2, -0.15) is 18.3 Å². The predicted octanol–water partition coefficient (Wildman–Crippen LogP) is 1.84. The molecule has 1 N–H and O–H groups in total. The highest BCUT2D eigenvalue weighted by Gasteiger charge is 2.47. The van der Waals surface area contributed by atoms with Gasteiger partial charge in [0, 0.05) is 31.4 Å². The quantitative estimate of drug-likeness (QED) is 0.785. The van der Waals surface area contributed by atoms with Crippen LogP contribution in [0.4, 0.5) is 19.0 Å². The van der Waals surface area contributed by atoms with Gasteiger partial charge in [0.2, 0.25) is 5.82 Å². The average molecular weight is 438 g/mol. The standard InChI is InChI=1S/C19H21F3N6O3/c1-10-6-13-27(3)17(30)12(4-5-28(13)26-10)24-16(29)15-23-7-11-8-31-18(2,14(11)25-15)9-19(20,21)22/h6-7,12H,4-5,8-9H2,1-3H3,(H,24,29). The molecule has 0 bridgehead atoms. The fourth-order valence-electron chi connectivity index (χ4n) is 3.95. The van der Waals surface area contributed by atoms with Gasteiger partial charge in [0.25, 0.3) is 11.8 Å². The molecule has 0 saturated carbocycles. The third kappa shape index (κ3) is 3.99. The third-order valence-corrected chi connectivity index (χ3v) is 5.44. The lowest BCUT2D eigenvalue weighted by molar-refractivity contribution is -0.185. The van der Waals surface area contributed by atoms with Gasteiger partial charge in [0.1, 0.15) is 17.5 Å². The fraction of sp³-hybridized carbons (Fsp3) is 0.526. The summed E-state index contributed by atoms with van der Waals surface area (Å²) in [5, 5.41) is 6.93. The lowest BCUT2D eigenvalue weighted by Crippen LogP contribution is -2.47. The summed E-state index contributed by atoms with van der Waals surface area (Å²) in [6, 6.07) is 0.918. The number of ether oxygens (including phenoxy) is 1. The zero-order valence-electron chi connectivity index (χ0n) is 17.2. The second-order valence-electron chi connectivity index (χ2n) is 7.96. The monoisotopic (exact) mass is 438 g/mol. The van der Waals surface area contributed by atoms with Gasteiger partial charge in [-0.1, -0.05) is 0 Å². The van der Waals surface area contributed by atoms with Crippen molar-refractivity contribution in [1.29, 1.82) is 0 Å². The summed E-state index contributed by atoms with van der Waals surface area (Å²) in [5.41, 5.74) is -0.496. The number of rotatable bonds is 3. The van der Waals surface area contributed by atoms with E-state index in [1.807, 2.05) is 6.92 Å². The molecule has 2 atom stereocenters. The van der Waals surface area contributed by atoms with Gasteiger partial charge < -0.3 is 10.1 Å². The normalized spacial score (nSPS) is 23.4. The van der Waals surface area contributed by atoms with Gasteiger partial charge in [-0.05, 0) is 20.3 Å². The number of hydrogen-bond donors (Lipinski definition) is 1. The van der Waals surface area contributed by atoms with Crippen LogP contribution in [0.25, 0.3) is 0 Å². The molecule has 2 amide bonds. The smallest absolute Gasteiger partial charge is 0.364 e. The molecule has 0 aromatic carbocycles. The van der Waals surface area contributed by atoms with Crippen LogP contribution >= 0.6 is 0 Å². The number of halogens is 3. The summed E-state index contributed by atoms with van der Waals surface area (Å²) in [5.74, 6) is -0.774. The number of aryl methyl sites for hydroxylation is 2. The summed E-state index contributed by atoms with van der Waals surface area (Å²) in [4.78, 5) is 35.0. The average Bonchev–Trinajstić information content (AvgIpc) is 3.19. The second kappa shape index (κ2) is 7.29. The van der Waals surface area contributed by atoms with Gasteiger partial charge in [0.15, 0.2) is 0 Å². The van der Waals surface area contributed by atoms with E-state index in [-0.39, 0.29) is 24.0 Å². The van der Waals surface area contributed by atoms with Crippen molar-refractivity contribution in [2.45, 2.75) is 57.7 Å². The van der Waals surface area contributed by atoms with Crippen LogP contribution < -0.4 is 10.2 Å². The molecule has 0 spiro atoms. The van der Waals surface area contributed by atoms with E-state index in [1.54, 1.807) is 17.8 Å². The summed E-state index contributed by atoms with van der Waals surface area (Å²) < 4.78 is 46.0. The lowest BCUT2D eigenvalue weighted by Gasteiger charge is -2.25. The number of amides is 2. The summed E-state index contributed by atoms with van der Waals surface area (Å²) >= 11 is 0. The molecule has 2 aliphatic rings. The molecule has 9 nitrogen and oxygen atoms in total. The molecule has 0 aliphatic carbocycles. The molecule has 0 radical (unpaired) electrons. The first-order valence-corrected chi connectivity index (χ1v) is 9.67. The van der Waals surface area contributed by atoms with Gasteiger partial charge >= 0.3 is 6.18 Å². The number of fused-ring (bicyclic) bond motifs is 2. The Kier molecular flexibility index (Phi) is 4.99. The van der Waals surface area contributed by atoms with Crippen molar-refractivity contribution in [2.24, 2.45) is 0 Å². The van der Waals surface area contributed by atoms with Crippen molar-refractivity contribution in [3.05, 3.63) is 35.0 Å². The minimum absolute atomic E-state index is 0.0323. The Morgan fingerprint density at radius 3 is 2.87 bits per heavy atom. The highest BCUT2D eigenvalue weighted by molar-refractivity contribution is 6.00. The SMILES string of the molecule is Cc1cc2n(n1)CCC(NC(=O)c1ncc3c(n1)C(C)(CC(F)(F)F)OC3)C(=O)N2C. The van der Waals surface area contributed by atoms with Crippen molar-refractivity contribution >= 4 is 17.6 Å². The van der Waals surface area contributed by atoms with E-state index in [1.165, 1.54) is 18.0 Å². The molecule has 4 rings (SSSR count). The largest absolute Gasteiger partial charge is 0.392 e. The van der Waals surface area contributed by atoms with Crippen molar-refractivity contribution in [2.75, 3.05) is 11.9 Å². The maximum absolute atomic E-state index is 13.0. The molecule has 166 valence electrons. The van der Waals surface area contributed by atoms with E-state index >= 15 is 0 Å². The Labute approximate surface area is 175 Å². The molecule has 2 aliphatic heterocycles. The van der Waals surface area contributed by atoms with E-state index in [9.17, 15) is 22.8 Å². The number of carbonyl (C=O) groups excluding carboxylic acids is 2. The molecule has 0 saturated heterocycles. The number of likely N-dealkylation sites (N-methyl/N-ethyl adjacent to an activating group) is 1. The maximum Gasteiger partial charge on any atom is 0.392 e. The Bertz CT molecular complexity index is 1050. The Hall–Kier alpha value is -3.02. The summed E-state index contributed by atoms with van der Waals surface area (Å²) in [6.45, 7) is 3.45. The Balaban J connectivity index is 1.54. The molecule has 0 fully saturated rings. The van der Waals surface area contributed by atoms with Crippen LogP contribution in [0.15, 0.2) is 12.3 Å². The number of nitrogens with zero attached hydrogens (tertiary/aromatic N) is 5. The first-order valence-electron chi connectivity index (χ1n) is 9.67. The molecule has 2 unspecified atom stereocenters. The van der Waals surface area contributed by atoms with E-state index in [4.69, 9.17) is 4.74 Å². The molecule has 31 heavy (non-hydrogen) atoms. The van der Waals surface area contributed by atoms with Crippen LogP contribution in [-0.2, 0) is 28.3 Å². The fourth-order valence-corrected chi connectivity index (χ4v) is 3.95. The minimum Gasteiger partial charge on any atom is -0.364 e. The number of aromatic nitrogens is 4. The van der Waals surface area contributed by atoms with Gasteiger partial charge in [-0.25, -0.2) is 14.6 Å². The van der Waals surface area contributed by atoms with Crippen LogP contribution in [0.2, 0.25) is 0 Å². The van der Waals surface area contributed by atoms with Crippen LogP contribution in [0.3, 0.4) is 0 Å². The Morgan fingerprint density at radius 2 is 2.16 bits per heavy atom. The minimum atomic E-state index is -4.47. The first kappa shape index (κ1) is 21.2. The van der Waals surface area contributed by atoms with Crippen LogP contribution in [0, 0.1) is 6.92 Å². The number of carbonyl (C=O) groups is 2. The number of nitrogens with one attached hydrogen (secondary N) is 1. The highest BCUT2D eigenvalue weighted by atomic mass is 19.4. The molecule has 4 heterocycles. The zero-order valence-corrected chi connectivity index (χ0v) is 17.2. The van der Waals surface area contributed by atoms with Crippen molar-refractivity contribution in [3.63, 3.8) is 0 Å². The predicted molar refractivity (Wildman–Crippen MR) is 101 cm³/mol. The molecule has 2 aromatic rings. The summed E-state index contributed by atoms with van der Waals surface area (Å²) in [7, 11) is 1.59. The molecule has 2 aromatic heterocycles. The van der Waals surface area contributed by atoms with Crippen molar-refractivity contribution < 1.29 is 27.5 Å². The molecular formula is C19H21F3N6O3. The van der Waals surface area contributed by atoms with E-state index < -0.39 is 30.1 Å². The van der Waals surface area contributed by atoms with Crippen LogP contribution in [0.1, 0.15) is 47.3 Å². The van der Waals surface area contributed by atoms with Gasteiger partial charge in [0.05, 0.1) is 24.4 Å². The van der Waals surface area contributed by atoms with Crippen LogP contribution in [0.5, 0.6) is 0 Å². The topological polar surface area (TPSA) is 102 Å².